The normalized spacial score (nSPS) is 15.6. The average Bonchev–Trinajstić information content (AvgIpc) is 3.27. The fourth-order valence-electron chi connectivity index (χ4n) is 2.10. The number of nitrogens with zero attached hydrogens (tertiary/aromatic N) is 2. The second kappa shape index (κ2) is 6.67. The van der Waals surface area contributed by atoms with E-state index in [0.717, 1.165) is 12.1 Å². The van der Waals surface area contributed by atoms with Gasteiger partial charge in [0.15, 0.2) is 0 Å². The van der Waals surface area contributed by atoms with Gasteiger partial charge in [-0.15, -0.1) is 0 Å². The number of carbonyl (C=O) groups is 2. The number of likely N-dealkylation sites (N-methyl/N-ethyl adjacent to an activating group) is 1. The third kappa shape index (κ3) is 4.01. The van der Waals surface area contributed by atoms with Gasteiger partial charge in [-0.3, -0.25) is 14.6 Å². The molecular formula is C15H22N4O2. The van der Waals surface area contributed by atoms with Gasteiger partial charge in [0, 0.05) is 32.0 Å². The van der Waals surface area contributed by atoms with Crippen LogP contribution in [-0.2, 0) is 16.1 Å². The standard InChI is InChI=1S/C15H22N4O2/c1-19(2)10-9-17-13(20)15(5-6-15)14(21)18-11-12-3-7-16-8-4-12/h3-4,7-8H,5-6,9-11H2,1-2H3,(H,17,20)(H,18,21). The number of pyridine rings is 1. The van der Waals surface area contributed by atoms with Crippen molar-refractivity contribution in [1.82, 2.24) is 20.5 Å². The second-order valence-electron chi connectivity index (χ2n) is 5.68. The van der Waals surface area contributed by atoms with Crippen molar-refractivity contribution in [2.75, 3.05) is 27.2 Å². The van der Waals surface area contributed by atoms with Crippen molar-refractivity contribution in [2.24, 2.45) is 5.41 Å². The van der Waals surface area contributed by atoms with Crippen LogP contribution in [0.1, 0.15) is 18.4 Å². The van der Waals surface area contributed by atoms with Gasteiger partial charge >= 0.3 is 0 Å². The zero-order chi connectivity index (χ0) is 15.3. The fraction of sp³-hybridized carbons (Fsp3) is 0.533. The highest BCUT2D eigenvalue weighted by atomic mass is 16.2. The van der Waals surface area contributed by atoms with Crippen molar-refractivity contribution in [3.05, 3.63) is 30.1 Å². The molecule has 0 aromatic carbocycles. The number of amides is 2. The number of nitrogens with one attached hydrogen (secondary N) is 2. The summed E-state index contributed by atoms with van der Waals surface area (Å²) in [5.41, 5.74) is 0.126. The summed E-state index contributed by atoms with van der Waals surface area (Å²) in [6, 6.07) is 3.69. The fourth-order valence-corrected chi connectivity index (χ4v) is 2.10. The Morgan fingerprint density at radius 3 is 2.38 bits per heavy atom. The molecule has 114 valence electrons. The first kappa shape index (κ1) is 15.4. The van der Waals surface area contributed by atoms with Crippen LogP contribution < -0.4 is 10.6 Å². The molecule has 1 aromatic rings. The molecule has 2 amide bonds. The molecule has 0 aliphatic heterocycles. The Balaban J connectivity index is 1.82. The molecule has 6 heteroatoms. The van der Waals surface area contributed by atoms with Crippen LogP contribution in [-0.4, -0.2) is 48.9 Å². The first-order chi connectivity index (χ1) is 10.0. The third-order valence-electron chi connectivity index (χ3n) is 3.67. The van der Waals surface area contributed by atoms with Crippen LogP contribution in [0.5, 0.6) is 0 Å². The smallest absolute Gasteiger partial charge is 0.235 e. The molecule has 1 heterocycles. The van der Waals surface area contributed by atoms with Crippen molar-refractivity contribution >= 4 is 11.8 Å². The summed E-state index contributed by atoms with van der Waals surface area (Å²) >= 11 is 0. The molecule has 0 atom stereocenters. The van der Waals surface area contributed by atoms with Gasteiger partial charge in [0.05, 0.1) is 0 Å². The highest BCUT2D eigenvalue weighted by molar-refractivity contribution is 6.07. The largest absolute Gasteiger partial charge is 0.354 e. The van der Waals surface area contributed by atoms with Gasteiger partial charge in [-0.25, -0.2) is 0 Å². The average molecular weight is 290 g/mol. The summed E-state index contributed by atoms with van der Waals surface area (Å²) in [5, 5.41) is 5.69. The van der Waals surface area contributed by atoms with Crippen molar-refractivity contribution in [3.63, 3.8) is 0 Å². The van der Waals surface area contributed by atoms with Gasteiger partial charge in [0.25, 0.3) is 0 Å². The predicted molar refractivity (Wildman–Crippen MR) is 79.3 cm³/mol. The van der Waals surface area contributed by atoms with Crippen molar-refractivity contribution in [3.8, 4) is 0 Å². The molecular weight excluding hydrogens is 268 g/mol. The summed E-state index contributed by atoms with van der Waals surface area (Å²) in [6.45, 7) is 1.75. The summed E-state index contributed by atoms with van der Waals surface area (Å²) in [7, 11) is 3.89. The lowest BCUT2D eigenvalue weighted by Gasteiger charge is -2.16. The Kier molecular flexibility index (Phi) is 4.90. The van der Waals surface area contributed by atoms with Gasteiger partial charge < -0.3 is 15.5 Å². The van der Waals surface area contributed by atoms with Gasteiger partial charge in [0.2, 0.25) is 11.8 Å². The number of rotatable bonds is 7. The minimum Gasteiger partial charge on any atom is -0.354 e. The molecule has 2 rings (SSSR count). The van der Waals surface area contributed by atoms with Crippen molar-refractivity contribution in [2.45, 2.75) is 19.4 Å². The van der Waals surface area contributed by atoms with E-state index >= 15 is 0 Å². The van der Waals surface area contributed by atoms with Crippen LogP contribution in [0, 0.1) is 5.41 Å². The second-order valence-corrected chi connectivity index (χ2v) is 5.68. The number of aromatic nitrogens is 1. The first-order valence-corrected chi connectivity index (χ1v) is 7.15. The molecule has 1 saturated carbocycles. The highest BCUT2D eigenvalue weighted by Crippen LogP contribution is 2.46. The van der Waals surface area contributed by atoms with Gasteiger partial charge in [-0.1, -0.05) is 0 Å². The van der Waals surface area contributed by atoms with Crippen molar-refractivity contribution in [1.29, 1.82) is 0 Å². The number of carbonyl (C=O) groups excluding carboxylic acids is 2. The van der Waals surface area contributed by atoms with Crippen LogP contribution >= 0.6 is 0 Å². The lowest BCUT2D eigenvalue weighted by Crippen LogP contribution is -2.44. The Labute approximate surface area is 124 Å². The van der Waals surface area contributed by atoms with E-state index in [1.165, 1.54) is 0 Å². The minimum absolute atomic E-state index is 0.156. The van der Waals surface area contributed by atoms with Crippen LogP contribution in [0.4, 0.5) is 0 Å². The van der Waals surface area contributed by atoms with Crippen LogP contribution in [0.3, 0.4) is 0 Å². The molecule has 1 fully saturated rings. The van der Waals surface area contributed by atoms with Crippen molar-refractivity contribution < 1.29 is 9.59 Å². The topological polar surface area (TPSA) is 74.3 Å². The lowest BCUT2D eigenvalue weighted by atomic mass is 10.1. The van der Waals surface area contributed by atoms with Gasteiger partial charge in [0.1, 0.15) is 5.41 Å². The van der Waals surface area contributed by atoms with E-state index in [1.807, 2.05) is 31.1 Å². The number of hydrogen-bond donors (Lipinski definition) is 2. The summed E-state index contributed by atoms with van der Waals surface area (Å²) in [6.07, 6.45) is 4.62. The van der Waals surface area contributed by atoms with E-state index in [4.69, 9.17) is 0 Å². The van der Waals surface area contributed by atoms with Crippen LogP contribution in [0.2, 0.25) is 0 Å². The van der Waals surface area contributed by atoms with E-state index < -0.39 is 5.41 Å². The zero-order valence-corrected chi connectivity index (χ0v) is 12.6. The highest BCUT2D eigenvalue weighted by Gasteiger charge is 2.56. The maximum atomic E-state index is 12.2. The summed E-state index contributed by atoms with van der Waals surface area (Å²) in [4.78, 5) is 30.3. The molecule has 1 aliphatic rings. The van der Waals surface area contributed by atoms with E-state index in [-0.39, 0.29) is 11.8 Å². The Morgan fingerprint density at radius 2 is 1.81 bits per heavy atom. The van der Waals surface area contributed by atoms with Crippen LogP contribution in [0.15, 0.2) is 24.5 Å². The molecule has 0 spiro atoms. The zero-order valence-electron chi connectivity index (χ0n) is 12.6. The molecule has 21 heavy (non-hydrogen) atoms. The maximum Gasteiger partial charge on any atom is 0.235 e. The Bertz CT molecular complexity index is 498. The molecule has 0 bridgehead atoms. The molecule has 6 nitrogen and oxygen atoms in total. The van der Waals surface area contributed by atoms with Crippen LogP contribution in [0.25, 0.3) is 0 Å². The Hall–Kier alpha value is -1.95. The number of hydrogen-bond acceptors (Lipinski definition) is 4. The third-order valence-corrected chi connectivity index (χ3v) is 3.67. The lowest BCUT2D eigenvalue weighted by molar-refractivity contribution is -0.137. The SMILES string of the molecule is CN(C)CCNC(=O)C1(C(=O)NCc2ccncc2)CC1. The maximum absolute atomic E-state index is 12.2. The minimum atomic E-state index is -0.848. The van der Waals surface area contributed by atoms with E-state index in [0.29, 0.717) is 25.9 Å². The van der Waals surface area contributed by atoms with Gasteiger partial charge in [-0.2, -0.15) is 0 Å². The summed E-state index contributed by atoms with van der Waals surface area (Å²) in [5.74, 6) is -0.335. The summed E-state index contributed by atoms with van der Waals surface area (Å²) < 4.78 is 0. The van der Waals surface area contributed by atoms with E-state index in [2.05, 4.69) is 15.6 Å². The molecule has 2 N–H and O–H groups in total. The predicted octanol–water partition coefficient (Wildman–Crippen LogP) is 0.156. The van der Waals surface area contributed by atoms with E-state index in [9.17, 15) is 9.59 Å². The quantitative estimate of drug-likeness (QED) is 0.701. The Morgan fingerprint density at radius 1 is 1.19 bits per heavy atom. The monoisotopic (exact) mass is 290 g/mol. The molecule has 0 unspecified atom stereocenters. The molecule has 0 saturated heterocycles. The first-order valence-electron chi connectivity index (χ1n) is 7.15. The molecule has 1 aromatic heterocycles. The molecule has 1 aliphatic carbocycles. The van der Waals surface area contributed by atoms with Gasteiger partial charge in [-0.05, 0) is 44.6 Å². The molecule has 0 radical (unpaired) electrons. The van der Waals surface area contributed by atoms with E-state index in [1.54, 1.807) is 12.4 Å².